The van der Waals surface area contributed by atoms with Crippen LogP contribution in [0.4, 0.5) is 4.79 Å². The number of carbonyl (C=O) groups excluding carboxylic acids is 1. The summed E-state index contributed by atoms with van der Waals surface area (Å²) in [5.41, 5.74) is 2.20. The zero-order valence-corrected chi connectivity index (χ0v) is 30.5. The van der Waals surface area contributed by atoms with E-state index in [-0.39, 0.29) is 11.5 Å². The summed E-state index contributed by atoms with van der Waals surface area (Å²) in [7, 11) is -0.827. The van der Waals surface area contributed by atoms with E-state index in [2.05, 4.69) is 39.2 Å². The second-order valence-corrected chi connectivity index (χ2v) is 19.4. The fraction of sp³-hybridized carbons (Fsp3) is 0.474. The standard InChI is InChI=1S/C38H53NO7Si/c1-37(2,3)45-36(42)39-33(24-28-17-21-32(22-18-28)44-26-29-13-11-10-12-14-29)34(46-47(8,9)38(4,5)6)25-30(35(40)41)23-27-15-19-31(43-7)20-16-27/h10-22,30,33-34H,23-26H2,1-9H3,(H,39,42)(H,40,41)/t30-,33+,34+/m1/s1. The van der Waals surface area contributed by atoms with Gasteiger partial charge in [0.15, 0.2) is 8.32 Å². The molecule has 0 unspecified atom stereocenters. The molecule has 3 aromatic rings. The van der Waals surface area contributed by atoms with Gasteiger partial charge >= 0.3 is 12.1 Å². The van der Waals surface area contributed by atoms with Crippen LogP contribution in [0, 0.1) is 5.92 Å². The van der Waals surface area contributed by atoms with E-state index < -0.39 is 44.0 Å². The average Bonchev–Trinajstić information content (AvgIpc) is 2.99. The van der Waals surface area contributed by atoms with Crippen molar-refractivity contribution in [1.29, 1.82) is 0 Å². The maximum absolute atomic E-state index is 13.2. The summed E-state index contributed by atoms with van der Waals surface area (Å²) in [6, 6.07) is 24.6. The Balaban J connectivity index is 1.94. The van der Waals surface area contributed by atoms with Crippen LogP contribution in [0.1, 0.15) is 64.7 Å². The maximum atomic E-state index is 13.2. The molecule has 0 radical (unpaired) electrons. The normalized spacial score (nSPS) is 14.1. The molecule has 0 spiro atoms. The smallest absolute Gasteiger partial charge is 0.407 e. The van der Waals surface area contributed by atoms with Gasteiger partial charge in [0.25, 0.3) is 0 Å². The van der Waals surface area contributed by atoms with E-state index in [0.717, 1.165) is 22.4 Å². The molecule has 0 saturated heterocycles. The van der Waals surface area contributed by atoms with Crippen molar-refractivity contribution in [3.63, 3.8) is 0 Å². The molecule has 0 aromatic heterocycles. The first kappa shape index (κ1) is 37.6. The van der Waals surface area contributed by atoms with Crippen LogP contribution in [-0.4, -0.2) is 50.3 Å². The number of carboxylic acids is 1. The number of methoxy groups -OCH3 is 1. The molecule has 8 nitrogen and oxygen atoms in total. The van der Waals surface area contributed by atoms with E-state index in [1.54, 1.807) is 7.11 Å². The van der Waals surface area contributed by atoms with E-state index in [1.807, 2.05) is 99.6 Å². The highest BCUT2D eigenvalue weighted by Gasteiger charge is 2.42. The number of ether oxygens (including phenoxy) is 3. The molecule has 3 atom stereocenters. The Morgan fingerprint density at radius 1 is 0.787 bits per heavy atom. The van der Waals surface area contributed by atoms with Crippen LogP contribution in [0.2, 0.25) is 18.1 Å². The van der Waals surface area contributed by atoms with Crippen molar-refractivity contribution in [1.82, 2.24) is 5.32 Å². The second kappa shape index (κ2) is 16.3. The van der Waals surface area contributed by atoms with Crippen LogP contribution in [0.25, 0.3) is 0 Å². The summed E-state index contributed by atoms with van der Waals surface area (Å²) in [6.07, 6.45) is -0.254. The van der Waals surface area contributed by atoms with Gasteiger partial charge in [-0.1, -0.05) is 75.4 Å². The number of carbonyl (C=O) groups is 2. The molecule has 1 amide bonds. The van der Waals surface area contributed by atoms with E-state index in [9.17, 15) is 14.7 Å². The molecule has 2 N–H and O–H groups in total. The number of carboxylic acid groups (broad SMARTS) is 1. The molecule has 47 heavy (non-hydrogen) atoms. The zero-order chi connectivity index (χ0) is 34.8. The number of alkyl carbamates (subject to hydrolysis) is 1. The molecular weight excluding hydrogens is 611 g/mol. The lowest BCUT2D eigenvalue weighted by Crippen LogP contribution is -2.54. The summed E-state index contributed by atoms with van der Waals surface area (Å²) < 4.78 is 23.9. The van der Waals surface area contributed by atoms with Gasteiger partial charge < -0.3 is 29.1 Å². The third-order valence-electron chi connectivity index (χ3n) is 8.54. The SMILES string of the molecule is COc1ccc(C[C@H](C[C@H](O[Si](C)(C)C(C)(C)C)[C@H](Cc2ccc(OCc3ccccc3)cc2)NC(=O)OC(C)(C)C)C(=O)O)cc1. The predicted octanol–water partition coefficient (Wildman–Crippen LogP) is 8.43. The van der Waals surface area contributed by atoms with E-state index >= 15 is 0 Å². The highest BCUT2D eigenvalue weighted by molar-refractivity contribution is 6.74. The van der Waals surface area contributed by atoms with Gasteiger partial charge in [-0.3, -0.25) is 4.79 Å². The van der Waals surface area contributed by atoms with Crippen LogP contribution in [-0.2, 0) is 33.4 Å². The molecule has 3 aromatic carbocycles. The number of nitrogens with one attached hydrogen (secondary N) is 1. The van der Waals surface area contributed by atoms with Crippen molar-refractivity contribution in [2.45, 2.75) is 103 Å². The number of rotatable bonds is 15. The first-order valence-corrected chi connectivity index (χ1v) is 19.2. The highest BCUT2D eigenvalue weighted by atomic mass is 28.4. The molecule has 256 valence electrons. The van der Waals surface area contributed by atoms with Gasteiger partial charge in [0, 0.05) is 0 Å². The lowest BCUT2D eigenvalue weighted by atomic mass is 9.89. The Labute approximate surface area is 281 Å². The van der Waals surface area contributed by atoms with Gasteiger partial charge in [0.1, 0.15) is 23.7 Å². The van der Waals surface area contributed by atoms with Gasteiger partial charge in [-0.15, -0.1) is 0 Å². The highest BCUT2D eigenvalue weighted by Crippen LogP contribution is 2.39. The van der Waals surface area contributed by atoms with Crippen molar-refractivity contribution in [2.75, 3.05) is 7.11 Å². The van der Waals surface area contributed by atoms with Crippen LogP contribution in [0.3, 0.4) is 0 Å². The Morgan fingerprint density at radius 3 is 1.85 bits per heavy atom. The molecule has 0 aliphatic carbocycles. The number of hydrogen-bond donors (Lipinski definition) is 2. The summed E-state index contributed by atoms with van der Waals surface area (Å²) in [5, 5.41) is 13.3. The number of amides is 1. The van der Waals surface area contributed by atoms with Crippen LogP contribution >= 0.6 is 0 Å². The molecule has 0 saturated carbocycles. The number of hydrogen-bond acceptors (Lipinski definition) is 6. The van der Waals surface area contributed by atoms with Crippen LogP contribution in [0.5, 0.6) is 11.5 Å². The van der Waals surface area contributed by atoms with Crippen LogP contribution in [0.15, 0.2) is 78.9 Å². The number of aliphatic carboxylic acids is 1. The minimum atomic E-state index is -2.43. The van der Waals surface area contributed by atoms with Gasteiger partial charge in [0.05, 0.1) is 25.2 Å². The lowest BCUT2D eigenvalue weighted by molar-refractivity contribution is -0.142. The van der Waals surface area contributed by atoms with E-state index in [4.69, 9.17) is 18.6 Å². The third kappa shape index (κ3) is 12.4. The average molecular weight is 664 g/mol. The Hall–Kier alpha value is -3.82. The molecule has 0 fully saturated rings. The minimum absolute atomic E-state index is 0.145. The van der Waals surface area contributed by atoms with Gasteiger partial charge in [0.2, 0.25) is 0 Å². The van der Waals surface area contributed by atoms with Gasteiger partial charge in [-0.25, -0.2) is 4.79 Å². The lowest BCUT2D eigenvalue weighted by Gasteiger charge is -2.42. The summed E-state index contributed by atoms with van der Waals surface area (Å²) in [4.78, 5) is 26.0. The number of benzene rings is 3. The molecule has 3 rings (SSSR count). The summed E-state index contributed by atoms with van der Waals surface area (Å²) in [5.74, 6) is -0.234. The summed E-state index contributed by atoms with van der Waals surface area (Å²) in [6.45, 7) is 16.6. The molecule has 0 aliphatic heterocycles. The molecule has 9 heteroatoms. The molecule has 0 aliphatic rings. The largest absolute Gasteiger partial charge is 0.497 e. The Morgan fingerprint density at radius 2 is 1.34 bits per heavy atom. The topological polar surface area (TPSA) is 103 Å². The second-order valence-electron chi connectivity index (χ2n) is 14.6. The van der Waals surface area contributed by atoms with Crippen LogP contribution < -0.4 is 14.8 Å². The fourth-order valence-electron chi connectivity index (χ4n) is 4.90. The zero-order valence-electron chi connectivity index (χ0n) is 29.5. The predicted molar refractivity (Wildman–Crippen MR) is 189 cm³/mol. The van der Waals surface area contributed by atoms with E-state index in [0.29, 0.717) is 25.2 Å². The monoisotopic (exact) mass is 663 g/mol. The Bertz CT molecular complexity index is 1410. The molecule has 0 heterocycles. The van der Waals surface area contributed by atoms with Crippen molar-refractivity contribution in [3.05, 3.63) is 95.6 Å². The first-order chi connectivity index (χ1) is 22.0. The van der Waals surface area contributed by atoms with Crippen molar-refractivity contribution in [2.24, 2.45) is 5.92 Å². The van der Waals surface area contributed by atoms with Crippen molar-refractivity contribution < 1.29 is 33.3 Å². The third-order valence-corrected chi connectivity index (χ3v) is 13.0. The van der Waals surface area contributed by atoms with Crippen molar-refractivity contribution >= 4 is 20.4 Å². The minimum Gasteiger partial charge on any atom is -0.497 e. The van der Waals surface area contributed by atoms with E-state index in [1.165, 1.54) is 0 Å². The van der Waals surface area contributed by atoms with Gasteiger partial charge in [-0.2, -0.15) is 0 Å². The summed E-state index contributed by atoms with van der Waals surface area (Å²) >= 11 is 0. The Kier molecular flexibility index (Phi) is 13.1. The maximum Gasteiger partial charge on any atom is 0.407 e. The quantitative estimate of drug-likeness (QED) is 0.157. The van der Waals surface area contributed by atoms with Gasteiger partial charge in [-0.05, 0) is 99.1 Å². The molecule has 0 bridgehead atoms. The fourth-order valence-corrected chi connectivity index (χ4v) is 6.27. The van der Waals surface area contributed by atoms with Crippen molar-refractivity contribution in [3.8, 4) is 11.5 Å². The molecular formula is C38H53NO7Si. The first-order valence-electron chi connectivity index (χ1n) is 16.2.